The molecule has 3 rings (SSSR count). The topological polar surface area (TPSA) is 44.4 Å². The third-order valence-corrected chi connectivity index (χ3v) is 5.54. The van der Waals surface area contributed by atoms with Gasteiger partial charge >= 0.3 is 0 Å². The van der Waals surface area contributed by atoms with Crippen molar-refractivity contribution in [3.63, 3.8) is 0 Å². The van der Waals surface area contributed by atoms with Gasteiger partial charge in [0.1, 0.15) is 0 Å². The Kier molecular flexibility index (Phi) is 3.81. The highest BCUT2D eigenvalue weighted by Crippen LogP contribution is 2.32. The van der Waals surface area contributed by atoms with Crippen LogP contribution >= 0.6 is 0 Å². The maximum Gasteiger partial charge on any atom is 0.224 e. The zero-order valence-electron chi connectivity index (χ0n) is 12.2. The summed E-state index contributed by atoms with van der Waals surface area (Å²) in [6.07, 6.45) is 6.27. The average Bonchev–Trinajstić information content (AvgIpc) is 2.77. The van der Waals surface area contributed by atoms with Crippen LogP contribution in [0.4, 0.5) is 0 Å². The molecule has 4 atom stereocenters. The molecule has 0 aromatic rings. The van der Waals surface area contributed by atoms with Crippen LogP contribution in [0.5, 0.6) is 0 Å². The Bertz CT molecular complexity index is 332. The fourth-order valence-corrected chi connectivity index (χ4v) is 4.20. The maximum absolute atomic E-state index is 12.4. The van der Waals surface area contributed by atoms with Crippen LogP contribution in [0.15, 0.2) is 0 Å². The van der Waals surface area contributed by atoms with Crippen molar-refractivity contribution in [3.05, 3.63) is 0 Å². The van der Waals surface area contributed by atoms with Gasteiger partial charge in [-0.3, -0.25) is 4.79 Å². The van der Waals surface area contributed by atoms with Crippen LogP contribution in [0.1, 0.15) is 39.0 Å². The SMILES string of the molecule is C[C@@H]1CNC[C@H]1C(=O)NC1CC2CCCC(C1)N2C. The molecule has 0 aromatic heterocycles. The van der Waals surface area contributed by atoms with Crippen LogP contribution in [-0.2, 0) is 4.79 Å². The van der Waals surface area contributed by atoms with Crippen molar-refractivity contribution < 1.29 is 4.79 Å². The first-order valence-electron chi connectivity index (χ1n) is 7.88. The number of nitrogens with zero attached hydrogens (tertiary/aromatic N) is 1. The number of piperidine rings is 2. The zero-order valence-corrected chi connectivity index (χ0v) is 12.2. The van der Waals surface area contributed by atoms with Gasteiger partial charge in [0.15, 0.2) is 0 Å². The van der Waals surface area contributed by atoms with Crippen molar-refractivity contribution in [2.24, 2.45) is 11.8 Å². The molecule has 2 N–H and O–H groups in total. The molecule has 3 saturated heterocycles. The number of rotatable bonds is 2. The Hall–Kier alpha value is -0.610. The molecule has 0 aliphatic carbocycles. The lowest BCUT2D eigenvalue weighted by molar-refractivity contribution is -0.126. The van der Waals surface area contributed by atoms with Crippen LogP contribution in [0.25, 0.3) is 0 Å². The van der Waals surface area contributed by atoms with E-state index in [0.29, 0.717) is 24.0 Å². The Morgan fingerprint density at radius 3 is 2.47 bits per heavy atom. The molecule has 1 amide bonds. The molecule has 3 aliphatic heterocycles. The first-order chi connectivity index (χ1) is 9.15. The summed E-state index contributed by atoms with van der Waals surface area (Å²) in [6, 6.07) is 1.79. The van der Waals surface area contributed by atoms with Gasteiger partial charge in [-0.2, -0.15) is 0 Å². The molecule has 3 fully saturated rings. The summed E-state index contributed by atoms with van der Waals surface area (Å²) in [5.41, 5.74) is 0. The lowest BCUT2D eigenvalue weighted by Gasteiger charge is -2.47. The molecule has 108 valence electrons. The summed E-state index contributed by atoms with van der Waals surface area (Å²) in [5.74, 6) is 0.940. The average molecular weight is 265 g/mol. The highest BCUT2D eigenvalue weighted by atomic mass is 16.2. The molecule has 2 bridgehead atoms. The minimum atomic E-state index is 0.180. The highest BCUT2D eigenvalue weighted by molar-refractivity contribution is 5.79. The van der Waals surface area contributed by atoms with Gasteiger partial charge in [-0.15, -0.1) is 0 Å². The van der Waals surface area contributed by atoms with Crippen molar-refractivity contribution in [2.45, 2.75) is 57.2 Å². The Morgan fingerprint density at radius 2 is 1.89 bits per heavy atom. The van der Waals surface area contributed by atoms with Gasteiger partial charge in [0.2, 0.25) is 5.91 Å². The maximum atomic E-state index is 12.4. The Morgan fingerprint density at radius 1 is 1.21 bits per heavy atom. The summed E-state index contributed by atoms with van der Waals surface area (Å²) in [5, 5.41) is 6.65. The van der Waals surface area contributed by atoms with E-state index in [4.69, 9.17) is 0 Å². The molecule has 4 heteroatoms. The van der Waals surface area contributed by atoms with Crippen LogP contribution in [0.2, 0.25) is 0 Å². The van der Waals surface area contributed by atoms with E-state index in [-0.39, 0.29) is 11.8 Å². The van der Waals surface area contributed by atoms with E-state index in [1.54, 1.807) is 0 Å². The number of nitrogens with one attached hydrogen (secondary N) is 2. The van der Waals surface area contributed by atoms with Crippen molar-refractivity contribution in [1.29, 1.82) is 0 Å². The first kappa shape index (κ1) is 13.4. The summed E-state index contributed by atoms with van der Waals surface area (Å²) in [4.78, 5) is 14.9. The number of fused-ring (bicyclic) bond motifs is 2. The van der Waals surface area contributed by atoms with Gasteiger partial charge in [-0.05, 0) is 45.2 Å². The highest BCUT2D eigenvalue weighted by Gasteiger charge is 2.38. The van der Waals surface area contributed by atoms with E-state index < -0.39 is 0 Å². The van der Waals surface area contributed by atoms with E-state index in [9.17, 15) is 4.79 Å². The molecule has 19 heavy (non-hydrogen) atoms. The molecule has 0 saturated carbocycles. The van der Waals surface area contributed by atoms with Crippen molar-refractivity contribution in [1.82, 2.24) is 15.5 Å². The third kappa shape index (κ3) is 2.65. The number of carbonyl (C=O) groups is 1. The van der Waals surface area contributed by atoms with Crippen LogP contribution < -0.4 is 10.6 Å². The third-order valence-electron chi connectivity index (χ3n) is 5.54. The summed E-state index contributed by atoms with van der Waals surface area (Å²) in [7, 11) is 2.26. The van der Waals surface area contributed by atoms with Gasteiger partial charge in [0.05, 0.1) is 5.92 Å². The standard InChI is InChI=1S/C15H27N3O/c1-10-8-16-9-14(10)15(19)17-11-6-12-4-3-5-13(7-11)18(12)2/h10-14,16H,3-9H2,1-2H3,(H,17,19)/t10-,11?,12?,13?,14-/m1/s1. The molecule has 2 unspecified atom stereocenters. The second-order valence-electron chi connectivity index (χ2n) is 6.82. The van der Waals surface area contributed by atoms with E-state index >= 15 is 0 Å². The van der Waals surface area contributed by atoms with Gasteiger partial charge in [0.25, 0.3) is 0 Å². The Balaban J connectivity index is 1.57. The second kappa shape index (κ2) is 5.41. The van der Waals surface area contributed by atoms with Crippen LogP contribution in [-0.4, -0.2) is 49.1 Å². The van der Waals surface area contributed by atoms with Crippen molar-refractivity contribution >= 4 is 5.91 Å². The normalized spacial score (nSPS) is 43.2. The molecule has 3 heterocycles. The van der Waals surface area contributed by atoms with Crippen molar-refractivity contribution in [3.8, 4) is 0 Å². The zero-order chi connectivity index (χ0) is 13.4. The molecular formula is C15H27N3O. The molecule has 0 spiro atoms. The largest absolute Gasteiger partial charge is 0.353 e. The molecule has 0 radical (unpaired) electrons. The van der Waals surface area contributed by atoms with Gasteiger partial charge in [0, 0.05) is 24.7 Å². The molecular weight excluding hydrogens is 238 g/mol. The number of amides is 1. The monoisotopic (exact) mass is 265 g/mol. The second-order valence-corrected chi connectivity index (χ2v) is 6.82. The van der Waals surface area contributed by atoms with Gasteiger partial charge in [-0.25, -0.2) is 0 Å². The predicted molar refractivity (Wildman–Crippen MR) is 75.9 cm³/mol. The molecule has 0 aromatic carbocycles. The summed E-state index contributed by atoms with van der Waals surface area (Å²) in [6.45, 7) is 4.01. The van der Waals surface area contributed by atoms with Crippen LogP contribution in [0.3, 0.4) is 0 Å². The lowest BCUT2D eigenvalue weighted by Crippen LogP contribution is -2.56. The van der Waals surface area contributed by atoms with E-state index in [1.165, 1.54) is 19.3 Å². The Labute approximate surface area is 116 Å². The first-order valence-corrected chi connectivity index (χ1v) is 7.88. The predicted octanol–water partition coefficient (Wildman–Crippen LogP) is 0.973. The lowest BCUT2D eigenvalue weighted by atomic mass is 9.82. The fraction of sp³-hybridized carbons (Fsp3) is 0.933. The number of hydrogen-bond acceptors (Lipinski definition) is 3. The van der Waals surface area contributed by atoms with E-state index in [1.807, 2.05) is 0 Å². The van der Waals surface area contributed by atoms with Gasteiger partial charge < -0.3 is 15.5 Å². The fourth-order valence-electron chi connectivity index (χ4n) is 4.20. The summed E-state index contributed by atoms with van der Waals surface area (Å²) < 4.78 is 0. The molecule has 4 nitrogen and oxygen atoms in total. The van der Waals surface area contributed by atoms with Crippen LogP contribution in [0, 0.1) is 11.8 Å². The van der Waals surface area contributed by atoms with E-state index in [2.05, 4.69) is 29.5 Å². The number of carbonyl (C=O) groups excluding carboxylic acids is 1. The van der Waals surface area contributed by atoms with Crippen molar-refractivity contribution in [2.75, 3.05) is 20.1 Å². The quantitative estimate of drug-likeness (QED) is 0.782. The molecule has 3 aliphatic rings. The minimum Gasteiger partial charge on any atom is -0.353 e. The van der Waals surface area contributed by atoms with Gasteiger partial charge in [-0.1, -0.05) is 13.3 Å². The smallest absolute Gasteiger partial charge is 0.224 e. The minimum absolute atomic E-state index is 0.180. The number of hydrogen-bond donors (Lipinski definition) is 2. The van der Waals surface area contributed by atoms with E-state index in [0.717, 1.165) is 25.9 Å². The summed E-state index contributed by atoms with van der Waals surface area (Å²) >= 11 is 0.